The number of hydrogen-bond acceptors (Lipinski definition) is 8. The quantitative estimate of drug-likeness (QED) is 0.0195. The van der Waals surface area contributed by atoms with Crippen molar-refractivity contribution in [3.05, 3.63) is 72.9 Å². The summed E-state index contributed by atoms with van der Waals surface area (Å²) in [7, 11) is 5.95. The van der Waals surface area contributed by atoms with E-state index in [-0.39, 0.29) is 32.2 Å². The van der Waals surface area contributed by atoms with Gasteiger partial charge in [0.2, 0.25) is 0 Å². The number of ether oxygens (including phenoxy) is 4. The first-order valence-corrected chi connectivity index (χ1v) is 40.1. The van der Waals surface area contributed by atoms with Crippen molar-refractivity contribution in [2.24, 2.45) is 0 Å². The molecule has 93 heavy (non-hydrogen) atoms. The van der Waals surface area contributed by atoms with Crippen LogP contribution in [-0.4, -0.2) is 82.3 Å². The normalized spacial score (nSPS) is 13.0. The molecule has 0 saturated heterocycles. The van der Waals surface area contributed by atoms with E-state index in [0.29, 0.717) is 23.9 Å². The van der Waals surface area contributed by atoms with Gasteiger partial charge in [-0.3, -0.25) is 9.59 Å². The second kappa shape index (κ2) is 74.5. The van der Waals surface area contributed by atoms with Gasteiger partial charge in [-0.15, -0.1) is 0 Å². The smallest absolute Gasteiger partial charge is 0.306 e. The fourth-order valence-corrected chi connectivity index (χ4v) is 11.9. The molecule has 0 aliphatic rings. The molecule has 0 rings (SSSR count). The predicted molar refractivity (Wildman–Crippen MR) is 398 cm³/mol. The minimum absolute atomic E-state index is 0.149. The Bertz CT molecular complexity index is 1760. The first kappa shape index (κ1) is 89.7. The van der Waals surface area contributed by atoms with E-state index in [4.69, 9.17) is 18.9 Å². The highest BCUT2D eigenvalue weighted by Gasteiger charge is 2.22. The lowest BCUT2D eigenvalue weighted by Gasteiger charge is -2.26. The van der Waals surface area contributed by atoms with Gasteiger partial charge in [-0.2, -0.15) is 0 Å². The number of carboxylic acids is 1. The van der Waals surface area contributed by atoms with E-state index in [0.717, 1.165) is 70.6 Å². The number of aliphatic carboxylic acids is 1. The van der Waals surface area contributed by atoms with Crippen molar-refractivity contribution in [3.63, 3.8) is 0 Å². The summed E-state index contributed by atoms with van der Waals surface area (Å²) in [5.74, 6) is -2.25. The Morgan fingerprint density at radius 2 is 0.613 bits per heavy atom. The number of unbranched alkanes of at least 4 members (excludes halogenated alkanes) is 48. The van der Waals surface area contributed by atoms with Gasteiger partial charge in [0.15, 0.2) is 12.4 Å². The molecular formula is C84H153NO8. The van der Waals surface area contributed by atoms with E-state index in [1.807, 2.05) is 21.1 Å². The summed E-state index contributed by atoms with van der Waals surface area (Å²) in [6.07, 6.45) is 97.4. The van der Waals surface area contributed by atoms with E-state index in [1.165, 1.54) is 283 Å². The summed E-state index contributed by atoms with van der Waals surface area (Å²) >= 11 is 0. The molecule has 2 atom stereocenters. The zero-order valence-electron chi connectivity index (χ0n) is 62.1. The van der Waals surface area contributed by atoms with Crippen molar-refractivity contribution in [2.75, 3.05) is 47.5 Å². The Labute approximate surface area is 577 Å². The van der Waals surface area contributed by atoms with Crippen LogP contribution in [0.25, 0.3) is 0 Å². The third kappa shape index (κ3) is 76.0. The summed E-state index contributed by atoms with van der Waals surface area (Å²) in [6, 6.07) is 0. The van der Waals surface area contributed by atoms with Gasteiger partial charge in [0.05, 0.1) is 40.3 Å². The number of carboxylic acid groups (broad SMARTS) is 1. The average molecular weight is 1310 g/mol. The summed E-state index contributed by atoms with van der Waals surface area (Å²) in [6.45, 7) is 4.70. The first-order chi connectivity index (χ1) is 45.6. The van der Waals surface area contributed by atoms with Crippen molar-refractivity contribution in [1.29, 1.82) is 0 Å². The minimum Gasteiger partial charge on any atom is -0.545 e. The molecule has 0 aromatic heterocycles. The molecular weight excluding hydrogens is 1150 g/mol. The Balaban J connectivity index is 3.99. The number of nitrogens with zero attached hydrogens (tertiary/aromatic N) is 1. The zero-order chi connectivity index (χ0) is 67.5. The second-order valence-corrected chi connectivity index (χ2v) is 28.3. The average Bonchev–Trinajstić information content (AvgIpc) is 3.73. The van der Waals surface area contributed by atoms with Crippen LogP contribution < -0.4 is 5.11 Å². The summed E-state index contributed by atoms with van der Waals surface area (Å²) in [5.41, 5.74) is 0. The van der Waals surface area contributed by atoms with E-state index in [2.05, 4.69) is 86.8 Å². The third-order valence-corrected chi connectivity index (χ3v) is 18.0. The number of carbonyl (C=O) groups is 3. The highest BCUT2D eigenvalue weighted by molar-refractivity contribution is 5.70. The lowest BCUT2D eigenvalue weighted by molar-refractivity contribution is -0.870. The van der Waals surface area contributed by atoms with E-state index in [9.17, 15) is 19.5 Å². The molecule has 2 unspecified atom stereocenters. The Kier molecular flexibility index (Phi) is 71.9. The number of likely N-dealkylation sites (N-methyl/N-ethyl adjacent to an activating group) is 1. The maximum absolute atomic E-state index is 13.0. The third-order valence-electron chi connectivity index (χ3n) is 18.0. The van der Waals surface area contributed by atoms with Crippen molar-refractivity contribution < 1.29 is 42.9 Å². The summed E-state index contributed by atoms with van der Waals surface area (Å²) in [4.78, 5) is 37.6. The fourth-order valence-electron chi connectivity index (χ4n) is 11.9. The Morgan fingerprint density at radius 1 is 0.333 bits per heavy atom. The monoisotopic (exact) mass is 1300 g/mol. The molecule has 0 saturated carbocycles. The van der Waals surface area contributed by atoms with Gasteiger partial charge in [-0.05, 0) is 64.2 Å². The molecule has 0 fully saturated rings. The zero-order valence-corrected chi connectivity index (χ0v) is 62.1. The topological polar surface area (TPSA) is 111 Å². The molecule has 0 spiro atoms. The van der Waals surface area contributed by atoms with Gasteiger partial charge in [-0.1, -0.05) is 382 Å². The lowest BCUT2D eigenvalue weighted by Crippen LogP contribution is -2.44. The van der Waals surface area contributed by atoms with Gasteiger partial charge >= 0.3 is 11.9 Å². The van der Waals surface area contributed by atoms with Crippen molar-refractivity contribution in [1.82, 2.24) is 0 Å². The SMILES string of the molecule is CC/C=C\C/C=C\C/C=C\C/C=C\C/C=C\C/C=C\CCCCCCCCCCCCCCCCCCCCC(=O)OC(COC(=O)CCCCCCCCCCCCCCCCCCCCCCCCCCCCCCCCC)COC(OCC[N+](C)(C)C)C(=O)[O-]. The predicted octanol–water partition coefficient (Wildman–Crippen LogP) is 24.3. The number of allylic oxidation sites excluding steroid dienone is 12. The Hall–Kier alpha value is -3.27. The summed E-state index contributed by atoms with van der Waals surface area (Å²) in [5, 5.41) is 11.9. The van der Waals surface area contributed by atoms with Gasteiger partial charge in [0.1, 0.15) is 13.2 Å². The number of rotatable bonds is 75. The summed E-state index contributed by atoms with van der Waals surface area (Å²) < 4.78 is 22.9. The van der Waals surface area contributed by atoms with Crippen molar-refractivity contribution in [3.8, 4) is 0 Å². The van der Waals surface area contributed by atoms with Crippen molar-refractivity contribution >= 4 is 17.9 Å². The minimum atomic E-state index is -1.62. The van der Waals surface area contributed by atoms with E-state index >= 15 is 0 Å². The van der Waals surface area contributed by atoms with Gasteiger partial charge in [-0.25, -0.2) is 0 Å². The molecule has 0 N–H and O–H groups in total. The maximum atomic E-state index is 13.0. The number of quaternary nitrogens is 1. The molecule has 542 valence electrons. The maximum Gasteiger partial charge on any atom is 0.306 e. The molecule has 0 aromatic carbocycles. The van der Waals surface area contributed by atoms with Crippen LogP contribution in [0.1, 0.15) is 386 Å². The highest BCUT2D eigenvalue weighted by atomic mass is 16.7. The van der Waals surface area contributed by atoms with Crippen LogP contribution in [0.5, 0.6) is 0 Å². The van der Waals surface area contributed by atoms with E-state index in [1.54, 1.807) is 0 Å². The molecule has 0 heterocycles. The molecule has 9 nitrogen and oxygen atoms in total. The largest absolute Gasteiger partial charge is 0.545 e. The van der Waals surface area contributed by atoms with Gasteiger partial charge < -0.3 is 33.3 Å². The van der Waals surface area contributed by atoms with Crippen LogP contribution in [-0.2, 0) is 33.3 Å². The highest BCUT2D eigenvalue weighted by Crippen LogP contribution is 2.20. The number of carbonyl (C=O) groups excluding carboxylic acids is 3. The first-order valence-electron chi connectivity index (χ1n) is 40.1. The van der Waals surface area contributed by atoms with Gasteiger partial charge in [0, 0.05) is 12.8 Å². The Morgan fingerprint density at radius 3 is 0.914 bits per heavy atom. The number of hydrogen-bond donors (Lipinski definition) is 0. The van der Waals surface area contributed by atoms with Crippen LogP contribution in [0.4, 0.5) is 0 Å². The molecule has 0 aliphatic heterocycles. The molecule has 0 amide bonds. The van der Waals surface area contributed by atoms with Crippen LogP contribution in [0.3, 0.4) is 0 Å². The van der Waals surface area contributed by atoms with Crippen LogP contribution in [0.15, 0.2) is 72.9 Å². The molecule has 0 aromatic rings. The number of esters is 2. The standard InChI is InChI=1S/C84H153NO8/c1-6-8-10-12-14-16-18-20-22-24-26-28-30-32-34-36-38-39-40-41-42-43-45-47-49-51-53-55-57-59-61-63-65-67-69-71-73-75-82(87)93-80(79-92-84(83(88)89)90-77-76-85(3,4)5)78-91-81(86)74-72-70-68-66-64-62-60-58-56-54-52-50-48-46-44-37-35-33-31-29-27-25-23-21-19-17-15-13-11-9-7-2/h8,10,14,16,20,22,26,28,32,34,38-39,80,84H,6-7,9,11-13,15,17-19,21,23-25,27,29-31,33,35-37,40-79H2,1-5H3/b10-8-,16-14-,22-20-,28-26-,34-32-,39-38-. The van der Waals surface area contributed by atoms with Crippen LogP contribution in [0.2, 0.25) is 0 Å². The second-order valence-electron chi connectivity index (χ2n) is 28.3. The van der Waals surface area contributed by atoms with Crippen LogP contribution in [0, 0.1) is 0 Å². The van der Waals surface area contributed by atoms with Gasteiger partial charge in [0.25, 0.3) is 0 Å². The lowest BCUT2D eigenvalue weighted by atomic mass is 10.0. The molecule has 0 radical (unpaired) electrons. The molecule has 0 bridgehead atoms. The molecule has 9 heteroatoms. The van der Waals surface area contributed by atoms with Crippen LogP contribution >= 0.6 is 0 Å². The van der Waals surface area contributed by atoms with E-state index < -0.39 is 24.3 Å². The van der Waals surface area contributed by atoms with Crippen molar-refractivity contribution in [2.45, 2.75) is 399 Å². The fraction of sp³-hybridized carbons (Fsp3) is 0.821. The molecule has 0 aliphatic carbocycles.